The zero-order valence-electron chi connectivity index (χ0n) is 12.3. The highest BCUT2D eigenvalue weighted by Crippen LogP contribution is 2.18. The Balaban J connectivity index is 0.000000390. The van der Waals surface area contributed by atoms with Gasteiger partial charge in [0, 0.05) is 18.9 Å². The average molecular weight is 393 g/mol. The first-order valence-electron chi connectivity index (χ1n) is 6.12. The highest BCUT2D eigenvalue weighted by Gasteiger charge is 2.38. The quantitative estimate of drug-likeness (QED) is 0.551. The molecule has 26 heavy (non-hydrogen) atoms. The second kappa shape index (κ2) is 8.98. The monoisotopic (exact) mass is 393 g/mol. The first-order valence-corrected chi connectivity index (χ1v) is 6.12. The van der Waals surface area contributed by atoms with Crippen LogP contribution in [0.4, 0.5) is 30.7 Å². The molecule has 2 rings (SSSR count). The van der Waals surface area contributed by atoms with Gasteiger partial charge in [-0.25, -0.2) is 14.0 Å². The van der Waals surface area contributed by atoms with Crippen LogP contribution in [0.5, 0.6) is 0 Å². The molecule has 5 N–H and O–H groups in total. The van der Waals surface area contributed by atoms with Gasteiger partial charge < -0.3 is 20.9 Å². The van der Waals surface area contributed by atoms with E-state index in [4.69, 9.17) is 25.5 Å². The standard InChI is InChI=1S/C8H8FN3.2C2HF3O2/c9-8-5-4-11-2-1-6(5)12-7(8)3-10;2*3-2(4,5)1(6)7/h1-2,4,12H,3,10H2;2*(H,6,7). The Kier molecular flexibility index (Phi) is 7.98. The molecule has 7 nitrogen and oxygen atoms in total. The van der Waals surface area contributed by atoms with Crippen LogP contribution >= 0.6 is 0 Å². The van der Waals surface area contributed by atoms with Crippen LogP contribution in [-0.4, -0.2) is 44.5 Å². The van der Waals surface area contributed by atoms with Crippen molar-refractivity contribution >= 4 is 22.8 Å². The number of rotatable bonds is 1. The van der Waals surface area contributed by atoms with Crippen LogP contribution in [0.2, 0.25) is 0 Å². The van der Waals surface area contributed by atoms with Crippen LogP contribution in [0.25, 0.3) is 10.9 Å². The van der Waals surface area contributed by atoms with Crippen LogP contribution in [0.1, 0.15) is 5.69 Å². The summed E-state index contributed by atoms with van der Waals surface area (Å²) >= 11 is 0. The minimum Gasteiger partial charge on any atom is -0.475 e. The molecule has 14 heteroatoms. The largest absolute Gasteiger partial charge is 0.490 e. The van der Waals surface area contributed by atoms with Crippen LogP contribution in [0.15, 0.2) is 18.5 Å². The molecular weight excluding hydrogens is 383 g/mol. The van der Waals surface area contributed by atoms with Crippen molar-refractivity contribution in [3.63, 3.8) is 0 Å². The van der Waals surface area contributed by atoms with E-state index < -0.39 is 24.3 Å². The van der Waals surface area contributed by atoms with Crippen molar-refractivity contribution in [2.45, 2.75) is 18.9 Å². The number of carbonyl (C=O) groups is 2. The number of hydrogen-bond donors (Lipinski definition) is 4. The van der Waals surface area contributed by atoms with E-state index in [9.17, 15) is 30.7 Å². The lowest BCUT2D eigenvalue weighted by Crippen LogP contribution is -2.21. The number of hydrogen-bond acceptors (Lipinski definition) is 4. The van der Waals surface area contributed by atoms with Gasteiger partial charge in [0.2, 0.25) is 0 Å². The van der Waals surface area contributed by atoms with Crippen molar-refractivity contribution in [3.05, 3.63) is 30.0 Å². The molecule has 0 unspecified atom stereocenters. The first-order chi connectivity index (χ1) is 11.7. The van der Waals surface area contributed by atoms with Gasteiger partial charge in [0.05, 0.1) is 16.6 Å². The SMILES string of the molecule is NCc1[nH]c2ccncc2c1F.O=C(O)C(F)(F)F.O=C(O)C(F)(F)F. The number of nitrogens with zero attached hydrogens (tertiary/aromatic N) is 1. The molecule has 0 fully saturated rings. The van der Waals surface area contributed by atoms with Gasteiger partial charge in [0.25, 0.3) is 0 Å². The van der Waals surface area contributed by atoms with E-state index in [1.807, 2.05) is 0 Å². The molecule has 0 bridgehead atoms. The molecule has 0 amide bonds. The Labute approximate surface area is 139 Å². The smallest absolute Gasteiger partial charge is 0.475 e. The van der Waals surface area contributed by atoms with Gasteiger partial charge in [-0.05, 0) is 6.07 Å². The minimum atomic E-state index is -5.08. The number of aromatic nitrogens is 2. The number of pyridine rings is 1. The van der Waals surface area contributed by atoms with Crippen molar-refractivity contribution < 1.29 is 50.5 Å². The van der Waals surface area contributed by atoms with Crippen molar-refractivity contribution in [2.24, 2.45) is 5.73 Å². The maximum Gasteiger partial charge on any atom is 0.490 e. The van der Waals surface area contributed by atoms with E-state index in [-0.39, 0.29) is 12.4 Å². The lowest BCUT2D eigenvalue weighted by molar-refractivity contribution is -0.193. The van der Waals surface area contributed by atoms with E-state index in [0.29, 0.717) is 11.1 Å². The fraction of sp³-hybridized carbons (Fsp3) is 0.250. The zero-order chi connectivity index (χ0) is 20.7. The normalized spacial score (nSPS) is 11.1. The molecule has 0 aromatic carbocycles. The topological polar surface area (TPSA) is 129 Å². The van der Waals surface area contributed by atoms with Gasteiger partial charge in [0.1, 0.15) is 0 Å². The van der Waals surface area contributed by atoms with Crippen LogP contribution in [0.3, 0.4) is 0 Å². The van der Waals surface area contributed by atoms with Gasteiger partial charge in [-0.2, -0.15) is 26.3 Å². The summed E-state index contributed by atoms with van der Waals surface area (Å²) in [5.74, 6) is -5.80. The molecule has 0 radical (unpaired) electrons. The number of halogens is 7. The predicted octanol–water partition coefficient (Wildman–Crippen LogP) is 2.43. The maximum absolute atomic E-state index is 13.3. The molecule has 2 aromatic rings. The summed E-state index contributed by atoms with van der Waals surface area (Å²) in [6.45, 7) is 0.181. The minimum absolute atomic E-state index is 0.181. The Bertz CT molecular complexity index is 731. The number of nitrogens with one attached hydrogen (secondary N) is 1. The Morgan fingerprint density at radius 1 is 1.08 bits per heavy atom. The molecule has 146 valence electrons. The number of carboxylic acid groups (broad SMARTS) is 2. The van der Waals surface area contributed by atoms with Crippen molar-refractivity contribution in [1.29, 1.82) is 0 Å². The number of aromatic amines is 1. The number of H-pyrrole nitrogens is 1. The number of carboxylic acids is 2. The van der Waals surface area contributed by atoms with E-state index >= 15 is 0 Å². The molecule has 0 atom stereocenters. The van der Waals surface area contributed by atoms with E-state index in [2.05, 4.69) is 9.97 Å². The van der Waals surface area contributed by atoms with Gasteiger partial charge in [-0.15, -0.1) is 0 Å². The third kappa shape index (κ3) is 7.33. The summed E-state index contributed by atoms with van der Waals surface area (Å²) in [6.07, 6.45) is -7.07. The summed E-state index contributed by atoms with van der Waals surface area (Å²) in [6, 6.07) is 1.72. The lowest BCUT2D eigenvalue weighted by Gasteiger charge is -1.93. The number of alkyl halides is 6. The molecule has 0 saturated heterocycles. The van der Waals surface area contributed by atoms with E-state index in [1.165, 1.54) is 6.20 Å². The third-order valence-corrected chi connectivity index (χ3v) is 2.30. The predicted molar refractivity (Wildman–Crippen MR) is 71.3 cm³/mol. The van der Waals surface area contributed by atoms with Crippen LogP contribution < -0.4 is 5.73 Å². The van der Waals surface area contributed by atoms with E-state index in [1.54, 1.807) is 12.3 Å². The van der Waals surface area contributed by atoms with Crippen molar-refractivity contribution in [1.82, 2.24) is 9.97 Å². The Morgan fingerprint density at radius 3 is 1.81 bits per heavy atom. The van der Waals surface area contributed by atoms with Gasteiger partial charge in [-0.3, -0.25) is 4.98 Å². The molecule has 0 spiro atoms. The summed E-state index contributed by atoms with van der Waals surface area (Å²) in [5.41, 5.74) is 6.49. The van der Waals surface area contributed by atoms with Gasteiger partial charge in [-0.1, -0.05) is 0 Å². The highest BCUT2D eigenvalue weighted by molar-refractivity contribution is 5.80. The van der Waals surface area contributed by atoms with Crippen molar-refractivity contribution in [2.75, 3.05) is 0 Å². The lowest BCUT2D eigenvalue weighted by atomic mass is 10.3. The summed E-state index contributed by atoms with van der Waals surface area (Å²) in [7, 11) is 0. The summed E-state index contributed by atoms with van der Waals surface area (Å²) in [4.78, 5) is 24.5. The molecule has 0 saturated carbocycles. The van der Waals surface area contributed by atoms with Crippen LogP contribution in [-0.2, 0) is 16.1 Å². The maximum atomic E-state index is 13.3. The summed E-state index contributed by atoms with van der Waals surface area (Å²) < 4.78 is 76.8. The van der Waals surface area contributed by atoms with Gasteiger partial charge in [0.15, 0.2) is 5.82 Å². The van der Waals surface area contributed by atoms with Crippen LogP contribution in [0, 0.1) is 5.82 Å². The fourth-order valence-electron chi connectivity index (χ4n) is 1.20. The highest BCUT2D eigenvalue weighted by atomic mass is 19.4. The third-order valence-electron chi connectivity index (χ3n) is 2.30. The molecule has 0 aliphatic carbocycles. The Morgan fingerprint density at radius 2 is 1.50 bits per heavy atom. The number of aliphatic carboxylic acids is 2. The first kappa shape index (κ1) is 23.1. The fourth-order valence-corrected chi connectivity index (χ4v) is 1.20. The number of fused-ring (bicyclic) bond motifs is 1. The summed E-state index contributed by atoms with van der Waals surface area (Å²) in [5, 5.41) is 14.7. The average Bonchev–Trinajstić information content (AvgIpc) is 2.83. The Hall–Kier alpha value is -2.90. The molecule has 2 heterocycles. The second-order valence-electron chi connectivity index (χ2n) is 4.15. The molecule has 0 aliphatic rings. The van der Waals surface area contributed by atoms with Crippen molar-refractivity contribution in [3.8, 4) is 0 Å². The molecular formula is C12H10F7N3O4. The molecule has 2 aromatic heterocycles. The number of nitrogens with two attached hydrogens (primary N) is 1. The molecule has 0 aliphatic heterocycles. The second-order valence-corrected chi connectivity index (χ2v) is 4.15. The zero-order valence-corrected chi connectivity index (χ0v) is 12.3. The van der Waals surface area contributed by atoms with E-state index in [0.717, 1.165) is 5.52 Å². The van der Waals surface area contributed by atoms with Gasteiger partial charge >= 0.3 is 24.3 Å².